The standard InChI is InChI=1S/C12H21N2O2/c15-12(16)9-10-4-7-14(8-5-10)11-3-1-2-6-13-11/h10-11H,1-9H2,(H,15,16). The van der Waals surface area contributed by atoms with Crippen LogP contribution in [0.2, 0.25) is 0 Å². The van der Waals surface area contributed by atoms with Crippen molar-refractivity contribution in [2.24, 2.45) is 5.92 Å². The van der Waals surface area contributed by atoms with Gasteiger partial charge in [-0.25, -0.2) is 5.32 Å². The molecule has 0 saturated carbocycles. The number of aliphatic carboxylic acids is 1. The van der Waals surface area contributed by atoms with Crippen LogP contribution >= 0.6 is 0 Å². The SMILES string of the molecule is O=C(O)CC1CCN(C2CCCC[N]2)CC1. The van der Waals surface area contributed by atoms with Crippen LogP contribution in [0.15, 0.2) is 0 Å². The number of carboxylic acids is 1. The molecule has 2 aliphatic rings. The predicted molar refractivity (Wildman–Crippen MR) is 61.2 cm³/mol. The molecule has 1 unspecified atom stereocenters. The molecule has 4 heteroatoms. The first-order valence-electron chi connectivity index (χ1n) is 6.38. The van der Waals surface area contributed by atoms with Gasteiger partial charge in [0.25, 0.3) is 0 Å². The van der Waals surface area contributed by atoms with Crippen molar-refractivity contribution in [2.45, 2.75) is 44.7 Å². The minimum atomic E-state index is -0.652. The first kappa shape index (κ1) is 11.9. The Kier molecular flexibility index (Phi) is 4.18. The van der Waals surface area contributed by atoms with E-state index in [-0.39, 0.29) is 0 Å². The lowest BCUT2D eigenvalue weighted by Crippen LogP contribution is -2.48. The van der Waals surface area contributed by atoms with Crippen molar-refractivity contribution in [2.75, 3.05) is 19.6 Å². The van der Waals surface area contributed by atoms with E-state index in [1.165, 1.54) is 19.3 Å². The largest absolute Gasteiger partial charge is 0.481 e. The molecule has 2 aliphatic heterocycles. The molecule has 2 heterocycles. The van der Waals surface area contributed by atoms with Crippen LogP contribution in [0.1, 0.15) is 38.5 Å². The van der Waals surface area contributed by atoms with Crippen molar-refractivity contribution in [3.8, 4) is 0 Å². The number of piperidine rings is 2. The van der Waals surface area contributed by atoms with E-state index in [2.05, 4.69) is 10.2 Å². The summed E-state index contributed by atoms with van der Waals surface area (Å²) >= 11 is 0. The van der Waals surface area contributed by atoms with Crippen molar-refractivity contribution in [3.05, 3.63) is 0 Å². The van der Waals surface area contributed by atoms with Crippen molar-refractivity contribution < 1.29 is 9.90 Å². The molecule has 2 saturated heterocycles. The Bertz CT molecular complexity index is 231. The van der Waals surface area contributed by atoms with Gasteiger partial charge in [0.1, 0.15) is 0 Å². The molecule has 4 nitrogen and oxygen atoms in total. The summed E-state index contributed by atoms with van der Waals surface area (Å²) in [6.45, 7) is 3.08. The second kappa shape index (κ2) is 5.64. The van der Waals surface area contributed by atoms with E-state index >= 15 is 0 Å². The number of likely N-dealkylation sites (tertiary alicyclic amines) is 1. The molecule has 1 radical (unpaired) electrons. The van der Waals surface area contributed by atoms with E-state index in [4.69, 9.17) is 5.11 Å². The van der Waals surface area contributed by atoms with Gasteiger partial charge in [-0.15, -0.1) is 0 Å². The van der Waals surface area contributed by atoms with E-state index < -0.39 is 5.97 Å². The zero-order valence-electron chi connectivity index (χ0n) is 9.77. The third-order valence-corrected chi connectivity index (χ3v) is 3.74. The molecule has 0 bridgehead atoms. The highest BCUT2D eigenvalue weighted by molar-refractivity contribution is 5.67. The second-order valence-electron chi connectivity index (χ2n) is 4.96. The lowest BCUT2D eigenvalue weighted by molar-refractivity contribution is -0.138. The highest BCUT2D eigenvalue weighted by Crippen LogP contribution is 2.24. The number of nitrogens with zero attached hydrogens (tertiary/aromatic N) is 2. The molecule has 0 aromatic rings. The lowest BCUT2D eigenvalue weighted by Gasteiger charge is -2.38. The number of carboxylic acid groups (broad SMARTS) is 1. The molecule has 0 aromatic carbocycles. The maximum Gasteiger partial charge on any atom is 0.303 e. The second-order valence-corrected chi connectivity index (χ2v) is 4.96. The van der Waals surface area contributed by atoms with Crippen LogP contribution in [-0.4, -0.2) is 41.8 Å². The average Bonchev–Trinajstić information content (AvgIpc) is 2.30. The number of rotatable bonds is 3. The fraction of sp³-hybridized carbons (Fsp3) is 0.917. The summed E-state index contributed by atoms with van der Waals surface area (Å²) in [5.74, 6) is -0.266. The van der Waals surface area contributed by atoms with Crippen LogP contribution in [0.5, 0.6) is 0 Å². The fourth-order valence-corrected chi connectivity index (χ4v) is 2.77. The molecule has 16 heavy (non-hydrogen) atoms. The number of carbonyl (C=O) groups is 1. The first-order valence-corrected chi connectivity index (χ1v) is 6.38. The molecule has 1 atom stereocenters. The molecule has 1 N–H and O–H groups in total. The monoisotopic (exact) mass is 225 g/mol. The van der Waals surface area contributed by atoms with Gasteiger partial charge < -0.3 is 5.11 Å². The lowest BCUT2D eigenvalue weighted by atomic mass is 9.93. The topological polar surface area (TPSA) is 54.6 Å². The van der Waals surface area contributed by atoms with E-state index in [0.717, 1.165) is 32.5 Å². The third kappa shape index (κ3) is 3.19. The van der Waals surface area contributed by atoms with Gasteiger partial charge in [0, 0.05) is 13.0 Å². The van der Waals surface area contributed by atoms with Gasteiger partial charge in [-0.2, -0.15) is 0 Å². The summed E-state index contributed by atoms with van der Waals surface area (Å²) in [6.07, 6.45) is 6.56. The zero-order valence-corrected chi connectivity index (χ0v) is 9.77. The van der Waals surface area contributed by atoms with Gasteiger partial charge in [-0.3, -0.25) is 9.69 Å². The molecule has 0 aliphatic carbocycles. The maximum absolute atomic E-state index is 10.6. The van der Waals surface area contributed by atoms with Gasteiger partial charge in [-0.05, 0) is 51.1 Å². The van der Waals surface area contributed by atoms with Crippen molar-refractivity contribution in [1.82, 2.24) is 10.2 Å². The van der Waals surface area contributed by atoms with Crippen molar-refractivity contribution in [3.63, 3.8) is 0 Å². The normalized spacial score (nSPS) is 29.1. The highest BCUT2D eigenvalue weighted by Gasteiger charge is 2.27. The van der Waals surface area contributed by atoms with Crippen LogP contribution < -0.4 is 5.32 Å². The zero-order chi connectivity index (χ0) is 11.4. The molecular formula is C12H21N2O2. The Morgan fingerprint density at radius 3 is 2.56 bits per heavy atom. The smallest absolute Gasteiger partial charge is 0.303 e. The molecule has 0 amide bonds. The molecule has 0 aromatic heterocycles. The van der Waals surface area contributed by atoms with Gasteiger partial charge >= 0.3 is 5.97 Å². The Hall–Kier alpha value is -0.610. The summed E-state index contributed by atoms with van der Waals surface area (Å²) in [7, 11) is 0. The van der Waals surface area contributed by atoms with Crippen molar-refractivity contribution in [1.29, 1.82) is 0 Å². The van der Waals surface area contributed by atoms with E-state index in [1.807, 2.05) is 0 Å². The minimum Gasteiger partial charge on any atom is -0.481 e. The Morgan fingerprint density at radius 2 is 2.00 bits per heavy atom. The van der Waals surface area contributed by atoms with Crippen LogP contribution in [0, 0.1) is 5.92 Å². The third-order valence-electron chi connectivity index (χ3n) is 3.74. The summed E-state index contributed by atoms with van der Waals surface area (Å²) in [6, 6.07) is 0. The van der Waals surface area contributed by atoms with Gasteiger partial charge in [-0.1, -0.05) is 0 Å². The molecule has 2 rings (SSSR count). The summed E-state index contributed by atoms with van der Waals surface area (Å²) in [5, 5.41) is 13.4. The van der Waals surface area contributed by atoms with E-state index in [0.29, 0.717) is 18.5 Å². The summed E-state index contributed by atoms with van der Waals surface area (Å²) in [4.78, 5) is 13.1. The van der Waals surface area contributed by atoms with Crippen LogP contribution in [0.25, 0.3) is 0 Å². The molecule has 91 valence electrons. The average molecular weight is 225 g/mol. The summed E-state index contributed by atoms with van der Waals surface area (Å²) in [5.41, 5.74) is 0. The number of hydrogen-bond donors (Lipinski definition) is 1. The Labute approximate surface area is 97.0 Å². The molecule has 0 spiro atoms. The van der Waals surface area contributed by atoms with Crippen LogP contribution in [0.4, 0.5) is 0 Å². The quantitative estimate of drug-likeness (QED) is 0.787. The van der Waals surface area contributed by atoms with Crippen molar-refractivity contribution >= 4 is 5.97 Å². The highest BCUT2D eigenvalue weighted by atomic mass is 16.4. The van der Waals surface area contributed by atoms with E-state index in [9.17, 15) is 4.79 Å². The molecular weight excluding hydrogens is 204 g/mol. The first-order chi connectivity index (χ1) is 7.75. The van der Waals surface area contributed by atoms with E-state index in [1.54, 1.807) is 0 Å². The maximum atomic E-state index is 10.6. The predicted octanol–water partition coefficient (Wildman–Crippen LogP) is 1.29. The van der Waals surface area contributed by atoms with Crippen LogP contribution in [0.3, 0.4) is 0 Å². The number of hydrogen-bond acceptors (Lipinski definition) is 2. The summed E-state index contributed by atoms with van der Waals surface area (Å²) < 4.78 is 0. The Morgan fingerprint density at radius 1 is 1.25 bits per heavy atom. The molecule has 2 fully saturated rings. The van der Waals surface area contributed by atoms with Gasteiger partial charge in [0.05, 0.1) is 6.17 Å². The Balaban J connectivity index is 1.73. The minimum absolute atomic E-state index is 0.343. The van der Waals surface area contributed by atoms with Gasteiger partial charge in [0.15, 0.2) is 0 Å². The van der Waals surface area contributed by atoms with Crippen LogP contribution in [-0.2, 0) is 4.79 Å². The fourth-order valence-electron chi connectivity index (χ4n) is 2.77. The van der Waals surface area contributed by atoms with Gasteiger partial charge in [0.2, 0.25) is 0 Å².